The summed E-state index contributed by atoms with van der Waals surface area (Å²) in [6.07, 6.45) is 0. The van der Waals surface area contributed by atoms with Crippen LogP contribution in [-0.4, -0.2) is 47.6 Å². The molecule has 1 fully saturated rings. The topological polar surface area (TPSA) is 15.3 Å². The number of rotatable bonds is 6. The van der Waals surface area contributed by atoms with Gasteiger partial charge in [-0.1, -0.05) is 34.6 Å². The zero-order chi connectivity index (χ0) is 13.7. The minimum Gasteiger partial charge on any atom is -0.316 e. The largest absolute Gasteiger partial charge is 0.316 e. The molecule has 3 heteroatoms. The summed E-state index contributed by atoms with van der Waals surface area (Å²) in [5.74, 6) is 1.48. The van der Waals surface area contributed by atoms with Crippen molar-refractivity contribution in [3.8, 4) is 0 Å². The Balaban J connectivity index is 2.35. The average molecular weight is 273 g/mol. The van der Waals surface area contributed by atoms with Crippen molar-refractivity contribution in [2.24, 2.45) is 11.8 Å². The normalized spacial score (nSPS) is 29.5. The summed E-state index contributed by atoms with van der Waals surface area (Å²) in [5.41, 5.74) is 0. The molecule has 0 spiro atoms. The van der Waals surface area contributed by atoms with Gasteiger partial charge in [0.25, 0.3) is 0 Å². The molecule has 1 saturated heterocycles. The molecule has 1 N–H and O–H groups in total. The van der Waals surface area contributed by atoms with E-state index in [-0.39, 0.29) is 0 Å². The van der Waals surface area contributed by atoms with Gasteiger partial charge < -0.3 is 5.32 Å². The first-order chi connectivity index (χ1) is 8.40. The number of nitrogens with one attached hydrogen (secondary N) is 1. The monoisotopic (exact) mass is 272 g/mol. The highest BCUT2D eigenvalue weighted by atomic mass is 32.2. The van der Waals surface area contributed by atoms with Crippen LogP contribution in [0.4, 0.5) is 0 Å². The first-order valence-corrected chi connectivity index (χ1v) is 8.44. The van der Waals surface area contributed by atoms with E-state index in [2.05, 4.69) is 63.5 Å². The molecule has 18 heavy (non-hydrogen) atoms. The summed E-state index contributed by atoms with van der Waals surface area (Å²) in [7, 11) is 0. The van der Waals surface area contributed by atoms with Gasteiger partial charge in [0.05, 0.1) is 0 Å². The van der Waals surface area contributed by atoms with Crippen LogP contribution in [0.1, 0.15) is 41.5 Å². The van der Waals surface area contributed by atoms with Crippen LogP contribution in [-0.2, 0) is 0 Å². The predicted molar refractivity (Wildman–Crippen MR) is 84.4 cm³/mol. The van der Waals surface area contributed by atoms with E-state index in [0.717, 1.165) is 35.4 Å². The van der Waals surface area contributed by atoms with Gasteiger partial charge >= 0.3 is 0 Å². The molecule has 0 aromatic rings. The maximum atomic E-state index is 3.60. The number of hydrogen-bond donors (Lipinski definition) is 1. The van der Waals surface area contributed by atoms with Crippen molar-refractivity contribution in [3.63, 3.8) is 0 Å². The molecule has 0 aliphatic carbocycles. The smallest absolute Gasteiger partial charge is 0.0149 e. The van der Waals surface area contributed by atoms with Gasteiger partial charge in [-0.3, -0.25) is 4.90 Å². The molecule has 1 rings (SSSR count). The lowest BCUT2D eigenvalue weighted by atomic mass is 10.0. The fourth-order valence-electron chi connectivity index (χ4n) is 2.68. The summed E-state index contributed by atoms with van der Waals surface area (Å²) in [6, 6.07) is 0.690. The number of thioether (sulfide) groups is 1. The molecule has 0 amide bonds. The molecule has 1 heterocycles. The van der Waals surface area contributed by atoms with E-state index in [1.807, 2.05) is 0 Å². The second-order valence-electron chi connectivity index (χ2n) is 6.48. The average Bonchev–Trinajstić information content (AvgIpc) is 2.26. The van der Waals surface area contributed by atoms with Crippen LogP contribution in [0.5, 0.6) is 0 Å². The maximum Gasteiger partial charge on any atom is 0.0149 e. The standard InChI is InChI=1S/C15H32N2S/c1-11(2)7-16-8-12(3)15(6)17-9-13(4)18-14(5)10-17/h11-16H,7-10H2,1-6H3. The molecular formula is C15H32N2S. The Kier molecular flexibility index (Phi) is 7.04. The lowest BCUT2D eigenvalue weighted by Gasteiger charge is -2.40. The van der Waals surface area contributed by atoms with Crippen molar-refractivity contribution in [1.29, 1.82) is 0 Å². The summed E-state index contributed by atoms with van der Waals surface area (Å²) < 4.78 is 0. The summed E-state index contributed by atoms with van der Waals surface area (Å²) in [4.78, 5) is 2.69. The molecule has 0 aromatic heterocycles. The van der Waals surface area contributed by atoms with Crippen LogP contribution in [0, 0.1) is 11.8 Å². The van der Waals surface area contributed by atoms with Crippen LogP contribution in [0.3, 0.4) is 0 Å². The lowest BCUT2D eigenvalue weighted by Crippen LogP contribution is -2.49. The van der Waals surface area contributed by atoms with Crippen molar-refractivity contribution in [2.75, 3.05) is 26.2 Å². The van der Waals surface area contributed by atoms with Gasteiger partial charge in [0.15, 0.2) is 0 Å². The van der Waals surface area contributed by atoms with Gasteiger partial charge in [-0.15, -0.1) is 0 Å². The first kappa shape index (κ1) is 16.3. The van der Waals surface area contributed by atoms with E-state index >= 15 is 0 Å². The highest BCUT2D eigenvalue weighted by Crippen LogP contribution is 2.27. The molecule has 4 atom stereocenters. The van der Waals surface area contributed by atoms with Crippen molar-refractivity contribution in [3.05, 3.63) is 0 Å². The van der Waals surface area contributed by atoms with Crippen molar-refractivity contribution < 1.29 is 0 Å². The maximum absolute atomic E-state index is 3.60. The molecule has 0 saturated carbocycles. The second kappa shape index (κ2) is 7.76. The third-order valence-electron chi connectivity index (χ3n) is 3.87. The second-order valence-corrected chi connectivity index (χ2v) is 8.36. The van der Waals surface area contributed by atoms with E-state index < -0.39 is 0 Å². The van der Waals surface area contributed by atoms with Gasteiger partial charge in [-0.25, -0.2) is 0 Å². The quantitative estimate of drug-likeness (QED) is 0.800. The Hall–Kier alpha value is 0.270. The fraction of sp³-hybridized carbons (Fsp3) is 1.00. The molecule has 1 aliphatic rings. The molecular weight excluding hydrogens is 240 g/mol. The molecule has 0 aromatic carbocycles. The van der Waals surface area contributed by atoms with Crippen LogP contribution < -0.4 is 5.32 Å². The van der Waals surface area contributed by atoms with Gasteiger partial charge in [-0.2, -0.15) is 11.8 Å². The summed E-state index contributed by atoms with van der Waals surface area (Å²) >= 11 is 2.14. The summed E-state index contributed by atoms with van der Waals surface area (Å²) in [5, 5.41) is 5.16. The van der Waals surface area contributed by atoms with Crippen molar-refractivity contribution in [1.82, 2.24) is 10.2 Å². The van der Waals surface area contributed by atoms with E-state index in [0.29, 0.717) is 6.04 Å². The number of hydrogen-bond acceptors (Lipinski definition) is 3. The Morgan fingerprint density at radius 2 is 1.61 bits per heavy atom. The van der Waals surface area contributed by atoms with Crippen molar-refractivity contribution in [2.45, 2.75) is 58.1 Å². The van der Waals surface area contributed by atoms with Crippen LogP contribution in [0.2, 0.25) is 0 Å². The zero-order valence-corrected chi connectivity index (χ0v) is 13.9. The van der Waals surface area contributed by atoms with Gasteiger partial charge in [-0.05, 0) is 31.8 Å². The Bertz CT molecular complexity index is 223. The molecule has 2 nitrogen and oxygen atoms in total. The first-order valence-electron chi connectivity index (χ1n) is 7.50. The third kappa shape index (κ3) is 5.50. The predicted octanol–water partition coefficient (Wildman–Crippen LogP) is 3.08. The molecule has 0 radical (unpaired) electrons. The highest BCUT2D eigenvalue weighted by molar-refractivity contribution is 8.00. The third-order valence-corrected chi connectivity index (χ3v) is 5.09. The Labute approximate surface area is 118 Å². The van der Waals surface area contributed by atoms with E-state index in [1.165, 1.54) is 13.1 Å². The minimum absolute atomic E-state index is 0.690. The van der Waals surface area contributed by atoms with Gasteiger partial charge in [0, 0.05) is 29.6 Å². The zero-order valence-electron chi connectivity index (χ0n) is 13.1. The summed E-state index contributed by atoms with van der Waals surface area (Å²) in [6.45, 7) is 18.8. The highest BCUT2D eigenvalue weighted by Gasteiger charge is 2.27. The SMILES string of the molecule is CC(C)CNCC(C)C(C)N1CC(C)SC(C)C1. The molecule has 4 unspecified atom stereocenters. The molecule has 1 aliphatic heterocycles. The Morgan fingerprint density at radius 3 is 2.11 bits per heavy atom. The van der Waals surface area contributed by atoms with E-state index in [9.17, 15) is 0 Å². The van der Waals surface area contributed by atoms with Gasteiger partial charge in [0.2, 0.25) is 0 Å². The van der Waals surface area contributed by atoms with E-state index in [4.69, 9.17) is 0 Å². The van der Waals surface area contributed by atoms with E-state index in [1.54, 1.807) is 0 Å². The number of nitrogens with zero attached hydrogens (tertiary/aromatic N) is 1. The van der Waals surface area contributed by atoms with Crippen LogP contribution in [0.25, 0.3) is 0 Å². The lowest BCUT2D eigenvalue weighted by molar-refractivity contribution is 0.157. The Morgan fingerprint density at radius 1 is 1.06 bits per heavy atom. The van der Waals surface area contributed by atoms with Crippen LogP contribution >= 0.6 is 11.8 Å². The van der Waals surface area contributed by atoms with Crippen molar-refractivity contribution >= 4 is 11.8 Å². The minimum atomic E-state index is 0.690. The van der Waals surface area contributed by atoms with Crippen LogP contribution in [0.15, 0.2) is 0 Å². The van der Waals surface area contributed by atoms with Gasteiger partial charge in [0.1, 0.15) is 0 Å². The molecule has 108 valence electrons. The molecule has 0 bridgehead atoms. The fourth-order valence-corrected chi connectivity index (χ4v) is 4.03.